The molecule has 0 aromatic carbocycles. The minimum Gasteiger partial charge on any atom is -0.481 e. The molecule has 7 nitrogen and oxygen atoms in total. The van der Waals surface area contributed by atoms with Gasteiger partial charge in [-0.1, -0.05) is 0 Å². The van der Waals surface area contributed by atoms with Gasteiger partial charge in [-0.05, 0) is 44.7 Å². The number of carboxylic acid groups (broad SMARTS) is 1. The van der Waals surface area contributed by atoms with E-state index in [0.717, 1.165) is 4.88 Å². The normalized spacial score (nSPS) is 27.5. The molecule has 1 saturated carbocycles. The van der Waals surface area contributed by atoms with Crippen LogP contribution in [0.3, 0.4) is 0 Å². The number of carbonyl (C=O) groups is 2. The van der Waals surface area contributed by atoms with Crippen molar-refractivity contribution >= 4 is 33.2 Å². The number of thiophene rings is 1. The number of rotatable bonds is 5. The molecule has 9 heteroatoms. The third-order valence-corrected chi connectivity index (χ3v) is 8.23. The topological polar surface area (TPSA) is 104 Å². The van der Waals surface area contributed by atoms with Crippen molar-refractivity contribution in [2.75, 3.05) is 13.1 Å². The van der Waals surface area contributed by atoms with Crippen molar-refractivity contribution in [2.45, 2.75) is 42.9 Å². The minimum atomic E-state index is -3.55. The van der Waals surface area contributed by atoms with Gasteiger partial charge in [-0.25, -0.2) is 8.42 Å². The summed E-state index contributed by atoms with van der Waals surface area (Å²) in [6.07, 6.45) is 2.19. The highest BCUT2D eigenvalue weighted by Crippen LogP contribution is 2.30. The quantitative estimate of drug-likeness (QED) is 0.797. The zero-order valence-electron chi connectivity index (χ0n) is 14.0. The first-order valence-electron chi connectivity index (χ1n) is 8.37. The number of carbonyl (C=O) groups excluding carboxylic acids is 1. The van der Waals surface area contributed by atoms with Crippen LogP contribution in [0.15, 0.2) is 16.3 Å². The smallest absolute Gasteiger partial charge is 0.306 e. The Morgan fingerprint density at radius 1 is 1.28 bits per heavy atom. The molecule has 1 unspecified atom stereocenters. The standard InChI is InChI=1S/C16H22N2O5S2/c1-10-4-5-14(24-10)25(22,23)18-6-2-3-11(9-18)15(19)17-13-7-12(8-13)16(20)21/h4-5,11-13H,2-3,6-9H2,1H3,(H,17,19)(H,20,21). The van der Waals surface area contributed by atoms with Crippen LogP contribution in [0.4, 0.5) is 0 Å². The Morgan fingerprint density at radius 3 is 2.60 bits per heavy atom. The second-order valence-electron chi connectivity index (χ2n) is 6.78. The average molecular weight is 386 g/mol. The molecule has 1 amide bonds. The number of hydrogen-bond donors (Lipinski definition) is 2. The Balaban J connectivity index is 1.59. The summed E-state index contributed by atoms with van der Waals surface area (Å²) in [7, 11) is -3.55. The summed E-state index contributed by atoms with van der Waals surface area (Å²) in [6, 6.07) is 3.28. The van der Waals surface area contributed by atoms with E-state index in [2.05, 4.69) is 5.32 Å². The van der Waals surface area contributed by atoms with Gasteiger partial charge in [-0.3, -0.25) is 9.59 Å². The SMILES string of the molecule is Cc1ccc(S(=O)(=O)N2CCCC(C(=O)NC3CC(C(=O)O)C3)C2)s1. The second-order valence-corrected chi connectivity index (χ2v) is 10.2. The van der Waals surface area contributed by atoms with Crippen molar-refractivity contribution in [3.05, 3.63) is 17.0 Å². The number of nitrogens with one attached hydrogen (secondary N) is 1. The summed E-state index contributed by atoms with van der Waals surface area (Å²) in [6.45, 7) is 2.47. The number of carboxylic acids is 1. The molecule has 0 bridgehead atoms. The van der Waals surface area contributed by atoms with Crippen LogP contribution < -0.4 is 5.32 Å². The molecule has 1 saturated heterocycles. The molecule has 0 spiro atoms. The summed E-state index contributed by atoms with van der Waals surface area (Å²) in [5.74, 6) is -1.76. The molecule has 2 fully saturated rings. The van der Waals surface area contributed by atoms with E-state index in [1.807, 2.05) is 6.92 Å². The van der Waals surface area contributed by atoms with Crippen LogP contribution in [0.5, 0.6) is 0 Å². The maximum absolute atomic E-state index is 12.7. The zero-order valence-corrected chi connectivity index (χ0v) is 15.6. The summed E-state index contributed by atoms with van der Waals surface area (Å²) >= 11 is 1.24. The van der Waals surface area contributed by atoms with Crippen LogP contribution in [-0.2, 0) is 19.6 Å². The third kappa shape index (κ3) is 3.88. The van der Waals surface area contributed by atoms with E-state index in [1.165, 1.54) is 15.6 Å². The van der Waals surface area contributed by atoms with Gasteiger partial charge < -0.3 is 10.4 Å². The monoisotopic (exact) mass is 386 g/mol. The van der Waals surface area contributed by atoms with Gasteiger partial charge >= 0.3 is 5.97 Å². The van der Waals surface area contributed by atoms with Gasteiger partial charge in [0.25, 0.3) is 10.0 Å². The fourth-order valence-corrected chi connectivity index (χ4v) is 6.27. The van der Waals surface area contributed by atoms with Crippen molar-refractivity contribution in [3.63, 3.8) is 0 Å². The van der Waals surface area contributed by atoms with E-state index in [4.69, 9.17) is 5.11 Å². The maximum Gasteiger partial charge on any atom is 0.306 e. The number of amides is 1. The average Bonchev–Trinajstić information content (AvgIpc) is 2.97. The number of aliphatic carboxylic acids is 1. The number of sulfonamides is 1. The highest BCUT2D eigenvalue weighted by atomic mass is 32.2. The molecule has 2 heterocycles. The van der Waals surface area contributed by atoms with Gasteiger partial charge in [-0.15, -0.1) is 11.3 Å². The zero-order chi connectivity index (χ0) is 18.2. The summed E-state index contributed by atoms with van der Waals surface area (Å²) in [5, 5.41) is 11.7. The number of hydrogen-bond acceptors (Lipinski definition) is 5. The molecular formula is C16H22N2O5S2. The van der Waals surface area contributed by atoms with E-state index in [-0.39, 0.29) is 30.3 Å². The van der Waals surface area contributed by atoms with Gasteiger partial charge in [0.1, 0.15) is 4.21 Å². The Kier molecular flexibility index (Phi) is 5.17. The number of piperidine rings is 1. The summed E-state index contributed by atoms with van der Waals surface area (Å²) in [5.41, 5.74) is 0. The lowest BCUT2D eigenvalue weighted by Crippen LogP contribution is -2.51. The highest BCUT2D eigenvalue weighted by molar-refractivity contribution is 7.91. The molecule has 1 aromatic heterocycles. The van der Waals surface area contributed by atoms with Crippen LogP contribution in [-0.4, -0.2) is 48.8 Å². The lowest BCUT2D eigenvalue weighted by molar-refractivity contribution is -0.146. The first-order valence-corrected chi connectivity index (χ1v) is 10.6. The lowest BCUT2D eigenvalue weighted by Gasteiger charge is -2.36. The maximum atomic E-state index is 12.7. The van der Waals surface area contributed by atoms with Gasteiger partial charge in [0.2, 0.25) is 5.91 Å². The Morgan fingerprint density at radius 2 is 2.00 bits per heavy atom. The molecule has 1 aliphatic carbocycles. The van der Waals surface area contributed by atoms with Crippen LogP contribution in [0.25, 0.3) is 0 Å². The third-order valence-electron chi connectivity index (χ3n) is 4.90. The molecule has 1 aromatic rings. The van der Waals surface area contributed by atoms with E-state index >= 15 is 0 Å². The van der Waals surface area contributed by atoms with Crippen molar-refractivity contribution in [1.29, 1.82) is 0 Å². The predicted octanol–water partition coefficient (Wildman–Crippen LogP) is 1.44. The van der Waals surface area contributed by atoms with Crippen LogP contribution in [0, 0.1) is 18.8 Å². The van der Waals surface area contributed by atoms with Crippen LogP contribution in [0.1, 0.15) is 30.6 Å². The Hall–Kier alpha value is -1.45. The van der Waals surface area contributed by atoms with Gasteiger partial charge in [0, 0.05) is 24.0 Å². The number of nitrogens with zero attached hydrogens (tertiary/aromatic N) is 1. The molecule has 3 rings (SSSR count). The lowest BCUT2D eigenvalue weighted by atomic mass is 9.80. The largest absolute Gasteiger partial charge is 0.481 e. The second kappa shape index (κ2) is 7.05. The van der Waals surface area contributed by atoms with Gasteiger partial charge in [-0.2, -0.15) is 4.31 Å². The fourth-order valence-electron chi connectivity index (χ4n) is 3.31. The predicted molar refractivity (Wildman–Crippen MR) is 92.8 cm³/mol. The van der Waals surface area contributed by atoms with Gasteiger partial charge in [0.15, 0.2) is 0 Å². The van der Waals surface area contributed by atoms with Crippen LogP contribution in [0.2, 0.25) is 0 Å². The van der Waals surface area contributed by atoms with Crippen molar-refractivity contribution < 1.29 is 23.1 Å². The van der Waals surface area contributed by atoms with Crippen molar-refractivity contribution in [1.82, 2.24) is 9.62 Å². The minimum absolute atomic E-state index is 0.111. The first-order chi connectivity index (χ1) is 11.8. The summed E-state index contributed by atoms with van der Waals surface area (Å²) in [4.78, 5) is 24.2. The summed E-state index contributed by atoms with van der Waals surface area (Å²) < 4.78 is 27.1. The number of aryl methyl sites for hydroxylation is 1. The van der Waals surface area contributed by atoms with E-state index in [0.29, 0.717) is 36.4 Å². The molecule has 1 aliphatic heterocycles. The molecule has 0 radical (unpaired) electrons. The first kappa shape index (κ1) is 18.3. The molecular weight excluding hydrogens is 364 g/mol. The molecule has 1 atom stereocenters. The van der Waals surface area contributed by atoms with Gasteiger partial charge in [0.05, 0.1) is 11.8 Å². The van der Waals surface area contributed by atoms with Crippen molar-refractivity contribution in [3.8, 4) is 0 Å². The molecule has 2 aliphatic rings. The van der Waals surface area contributed by atoms with E-state index in [9.17, 15) is 18.0 Å². The van der Waals surface area contributed by atoms with Crippen LogP contribution >= 0.6 is 11.3 Å². The fraction of sp³-hybridized carbons (Fsp3) is 0.625. The van der Waals surface area contributed by atoms with Crippen molar-refractivity contribution in [2.24, 2.45) is 11.8 Å². The molecule has 25 heavy (non-hydrogen) atoms. The molecule has 138 valence electrons. The van der Waals surface area contributed by atoms with E-state index in [1.54, 1.807) is 12.1 Å². The Labute approximate surface area is 151 Å². The molecule has 2 N–H and O–H groups in total. The highest BCUT2D eigenvalue weighted by Gasteiger charge is 2.38. The Bertz CT molecular complexity index is 767. The van der Waals surface area contributed by atoms with E-state index < -0.39 is 16.0 Å².